The number of carbonyl (C=O) groups is 1. The van der Waals surface area contributed by atoms with Gasteiger partial charge < -0.3 is 4.90 Å². The molecule has 0 unspecified atom stereocenters. The number of likely N-dealkylation sites (N-methyl/N-ethyl adjacent to an activating group) is 1. The van der Waals surface area contributed by atoms with Gasteiger partial charge in [0.05, 0.1) is 0 Å². The number of benzene rings is 1. The van der Waals surface area contributed by atoms with Crippen LogP contribution in [0, 0.1) is 0 Å². The fourth-order valence-electron chi connectivity index (χ4n) is 3.23. The third kappa shape index (κ3) is 1.93. The summed E-state index contributed by atoms with van der Waals surface area (Å²) in [6.45, 7) is 6.18. The Balaban J connectivity index is 1.71. The van der Waals surface area contributed by atoms with Gasteiger partial charge >= 0.3 is 0 Å². The highest BCUT2D eigenvalue weighted by molar-refractivity contribution is 5.98. The second-order valence-electron chi connectivity index (χ2n) is 5.27. The Bertz CT molecular complexity index is 458. The van der Waals surface area contributed by atoms with E-state index >= 15 is 0 Å². The van der Waals surface area contributed by atoms with E-state index in [2.05, 4.69) is 17.9 Å². The molecule has 0 spiro atoms. The Kier molecular flexibility index (Phi) is 3.08. The maximum Gasteiger partial charge on any atom is 0.254 e. The van der Waals surface area contributed by atoms with Gasteiger partial charge in [0.2, 0.25) is 0 Å². The van der Waals surface area contributed by atoms with Gasteiger partial charge in [-0.3, -0.25) is 9.69 Å². The zero-order valence-corrected chi connectivity index (χ0v) is 10.9. The molecule has 3 rings (SSSR count). The summed E-state index contributed by atoms with van der Waals surface area (Å²) in [4.78, 5) is 16.8. The number of hydrogen-bond donors (Lipinski definition) is 0. The van der Waals surface area contributed by atoms with Crippen LogP contribution in [0.3, 0.4) is 0 Å². The molecule has 0 saturated carbocycles. The summed E-state index contributed by atoms with van der Waals surface area (Å²) in [5.41, 5.74) is 2.09. The van der Waals surface area contributed by atoms with Gasteiger partial charge in [-0.2, -0.15) is 0 Å². The minimum atomic E-state index is 0.216. The van der Waals surface area contributed by atoms with E-state index in [1.165, 1.54) is 24.9 Å². The zero-order valence-electron chi connectivity index (χ0n) is 10.9. The lowest BCUT2D eigenvalue weighted by Crippen LogP contribution is -2.40. The van der Waals surface area contributed by atoms with E-state index in [1.54, 1.807) is 0 Å². The Morgan fingerprint density at radius 3 is 2.94 bits per heavy atom. The van der Waals surface area contributed by atoms with Gasteiger partial charge in [-0.25, -0.2) is 0 Å². The summed E-state index contributed by atoms with van der Waals surface area (Å²) in [6, 6.07) is 8.55. The molecule has 96 valence electrons. The van der Waals surface area contributed by atoms with Crippen molar-refractivity contribution in [2.75, 3.05) is 19.6 Å². The first-order chi connectivity index (χ1) is 8.79. The van der Waals surface area contributed by atoms with Crippen molar-refractivity contribution >= 4 is 5.91 Å². The molecule has 0 bridgehead atoms. The van der Waals surface area contributed by atoms with Crippen LogP contribution < -0.4 is 0 Å². The van der Waals surface area contributed by atoms with Gasteiger partial charge in [-0.05, 0) is 37.6 Å². The molecule has 2 heterocycles. The Hall–Kier alpha value is -1.35. The maximum absolute atomic E-state index is 12.3. The normalized spacial score (nSPS) is 23.7. The second kappa shape index (κ2) is 4.73. The van der Waals surface area contributed by atoms with Crippen LogP contribution in [0.5, 0.6) is 0 Å². The Morgan fingerprint density at radius 1 is 1.33 bits per heavy atom. The minimum Gasteiger partial charge on any atom is -0.333 e. The van der Waals surface area contributed by atoms with Crippen molar-refractivity contribution < 1.29 is 4.79 Å². The highest BCUT2D eigenvalue weighted by Gasteiger charge is 2.31. The summed E-state index contributed by atoms with van der Waals surface area (Å²) in [5.74, 6) is 0.216. The lowest BCUT2D eigenvalue weighted by molar-refractivity contribution is 0.0731. The SMILES string of the molecule is CCN1CCC[C@H]1CN1Cc2ccccc2C1=O. The first-order valence-electron chi connectivity index (χ1n) is 6.91. The number of carbonyl (C=O) groups excluding carboxylic acids is 1. The van der Waals surface area contributed by atoms with Crippen molar-refractivity contribution in [3.8, 4) is 0 Å². The van der Waals surface area contributed by atoms with Crippen molar-refractivity contribution in [2.24, 2.45) is 0 Å². The highest BCUT2D eigenvalue weighted by Crippen LogP contribution is 2.25. The van der Waals surface area contributed by atoms with Crippen LogP contribution in [0.4, 0.5) is 0 Å². The monoisotopic (exact) mass is 244 g/mol. The van der Waals surface area contributed by atoms with E-state index in [1.807, 2.05) is 23.1 Å². The third-order valence-electron chi connectivity index (χ3n) is 4.23. The molecule has 0 N–H and O–H groups in total. The first kappa shape index (κ1) is 11.7. The van der Waals surface area contributed by atoms with Gasteiger partial charge in [0.1, 0.15) is 0 Å². The van der Waals surface area contributed by atoms with Crippen LogP contribution in [0.25, 0.3) is 0 Å². The number of hydrogen-bond acceptors (Lipinski definition) is 2. The van der Waals surface area contributed by atoms with E-state index < -0.39 is 0 Å². The van der Waals surface area contributed by atoms with E-state index in [-0.39, 0.29) is 5.91 Å². The van der Waals surface area contributed by atoms with Crippen molar-refractivity contribution in [1.29, 1.82) is 0 Å². The number of likely N-dealkylation sites (tertiary alicyclic amines) is 1. The van der Waals surface area contributed by atoms with Gasteiger partial charge in [0.15, 0.2) is 0 Å². The largest absolute Gasteiger partial charge is 0.333 e. The lowest BCUT2D eigenvalue weighted by atomic mass is 10.1. The first-order valence-corrected chi connectivity index (χ1v) is 6.91. The smallest absolute Gasteiger partial charge is 0.254 e. The van der Waals surface area contributed by atoms with Gasteiger partial charge in [-0.1, -0.05) is 25.1 Å². The topological polar surface area (TPSA) is 23.6 Å². The van der Waals surface area contributed by atoms with Gasteiger partial charge in [0.25, 0.3) is 5.91 Å². The summed E-state index contributed by atoms with van der Waals surface area (Å²) in [6.07, 6.45) is 2.50. The predicted molar refractivity (Wildman–Crippen MR) is 71.5 cm³/mol. The summed E-state index contributed by atoms with van der Waals surface area (Å²) in [7, 11) is 0. The molecule has 2 aliphatic rings. The third-order valence-corrected chi connectivity index (χ3v) is 4.23. The van der Waals surface area contributed by atoms with Crippen LogP contribution in [-0.2, 0) is 6.54 Å². The lowest BCUT2D eigenvalue weighted by Gasteiger charge is -2.27. The predicted octanol–water partition coefficient (Wildman–Crippen LogP) is 2.13. The summed E-state index contributed by atoms with van der Waals surface area (Å²) in [5, 5.41) is 0. The van der Waals surface area contributed by atoms with E-state index in [9.17, 15) is 4.79 Å². The Labute approximate surface area is 108 Å². The molecular weight excluding hydrogens is 224 g/mol. The van der Waals surface area contributed by atoms with Crippen LogP contribution in [-0.4, -0.2) is 41.4 Å². The van der Waals surface area contributed by atoms with Crippen LogP contribution >= 0.6 is 0 Å². The average Bonchev–Trinajstić information content (AvgIpc) is 2.96. The average molecular weight is 244 g/mol. The molecule has 1 amide bonds. The standard InChI is InChI=1S/C15H20N2O/c1-2-16-9-5-7-13(16)11-17-10-12-6-3-4-8-14(12)15(17)18/h3-4,6,8,13H,2,5,7,9-11H2,1H3/t13-/m0/s1. The molecule has 1 atom stereocenters. The Morgan fingerprint density at radius 2 is 2.17 bits per heavy atom. The van der Waals surface area contributed by atoms with Crippen molar-refractivity contribution in [2.45, 2.75) is 32.4 Å². The molecule has 3 heteroatoms. The molecule has 2 aliphatic heterocycles. The second-order valence-corrected chi connectivity index (χ2v) is 5.27. The van der Waals surface area contributed by atoms with Gasteiger partial charge in [-0.15, -0.1) is 0 Å². The molecule has 0 aliphatic carbocycles. The van der Waals surface area contributed by atoms with E-state index in [0.717, 1.165) is 25.2 Å². The molecule has 0 aromatic heterocycles. The molecule has 3 nitrogen and oxygen atoms in total. The highest BCUT2D eigenvalue weighted by atomic mass is 16.2. The van der Waals surface area contributed by atoms with Crippen LogP contribution in [0.15, 0.2) is 24.3 Å². The molecule has 1 aromatic carbocycles. The molecular formula is C15H20N2O. The van der Waals surface area contributed by atoms with Crippen molar-refractivity contribution in [3.05, 3.63) is 35.4 Å². The van der Waals surface area contributed by atoms with E-state index in [4.69, 9.17) is 0 Å². The number of nitrogens with zero attached hydrogens (tertiary/aromatic N) is 2. The maximum atomic E-state index is 12.3. The molecule has 18 heavy (non-hydrogen) atoms. The molecule has 1 aromatic rings. The molecule has 0 radical (unpaired) electrons. The number of fused-ring (bicyclic) bond motifs is 1. The molecule has 1 saturated heterocycles. The summed E-state index contributed by atoms with van der Waals surface area (Å²) >= 11 is 0. The van der Waals surface area contributed by atoms with Crippen LogP contribution in [0.2, 0.25) is 0 Å². The van der Waals surface area contributed by atoms with E-state index in [0.29, 0.717) is 6.04 Å². The zero-order chi connectivity index (χ0) is 12.5. The fourth-order valence-corrected chi connectivity index (χ4v) is 3.23. The molecule has 1 fully saturated rings. The van der Waals surface area contributed by atoms with Crippen molar-refractivity contribution in [1.82, 2.24) is 9.80 Å². The van der Waals surface area contributed by atoms with Gasteiger partial charge in [0, 0.05) is 24.7 Å². The number of amides is 1. The number of rotatable bonds is 3. The van der Waals surface area contributed by atoms with Crippen LogP contribution in [0.1, 0.15) is 35.7 Å². The summed E-state index contributed by atoms with van der Waals surface area (Å²) < 4.78 is 0. The fraction of sp³-hybridized carbons (Fsp3) is 0.533. The van der Waals surface area contributed by atoms with Crippen molar-refractivity contribution in [3.63, 3.8) is 0 Å². The minimum absolute atomic E-state index is 0.216. The quantitative estimate of drug-likeness (QED) is 0.813.